The van der Waals surface area contributed by atoms with Gasteiger partial charge in [0.1, 0.15) is 0 Å². The number of hydrogen-bond acceptors (Lipinski definition) is 3. The molecule has 3 N–H and O–H groups in total. The number of carbonyl (C=O) groups is 2. The van der Waals surface area contributed by atoms with Gasteiger partial charge in [0.05, 0.1) is 12.1 Å². The molecule has 6 nitrogen and oxygen atoms in total. The van der Waals surface area contributed by atoms with Crippen molar-refractivity contribution in [2.45, 2.75) is 49.6 Å². The summed E-state index contributed by atoms with van der Waals surface area (Å²) in [6, 6.07) is 4.48. The summed E-state index contributed by atoms with van der Waals surface area (Å²) in [6.45, 7) is 1.49. The van der Waals surface area contributed by atoms with Crippen LogP contribution in [-0.4, -0.2) is 46.1 Å². The van der Waals surface area contributed by atoms with Gasteiger partial charge in [0, 0.05) is 42.9 Å². The van der Waals surface area contributed by atoms with Crippen LogP contribution in [0, 0.1) is 0 Å². The van der Waals surface area contributed by atoms with E-state index in [1.807, 2.05) is 36.3 Å². The summed E-state index contributed by atoms with van der Waals surface area (Å²) in [5.41, 5.74) is 0. The van der Waals surface area contributed by atoms with Gasteiger partial charge >= 0.3 is 6.03 Å². The minimum atomic E-state index is -0.0348. The van der Waals surface area contributed by atoms with Crippen molar-refractivity contribution >= 4 is 23.7 Å². The van der Waals surface area contributed by atoms with Gasteiger partial charge in [0.25, 0.3) is 0 Å². The lowest BCUT2D eigenvalue weighted by atomic mass is 10.0. The minimum Gasteiger partial charge on any atom is -0.354 e. The molecule has 0 saturated carbocycles. The molecule has 7 heteroatoms. The molecule has 2 aliphatic heterocycles. The molecular formula is C16H24N4O2S. The Morgan fingerprint density at radius 2 is 2.13 bits per heavy atom. The monoisotopic (exact) mass is 336 g/mol. The number of thioether (sulfide) groups is 1. The summed E-state index contributed by atoms with van der Waals surface area (Å²) in [7, 11) is 0. The lowest BCUT2D eigenvalue weighted by Gasteiger charge is -2.16. The van der Waals surface area contributed by atoms with Crippen LogP contribution < -0.4 is 16.0 Å². The van der Waals surface area contributed by atoms with Gasteiger partial charge in [-0.1, -0.05) is 6.42 Å². The maximum atomic E-state index is 11.8. The van der Waals surface area contributed by atoms with Gasteiger partial charge < -0.3 is 20.5 Å². The fourth-order valence-electron chi connectivity index (χ4n) is 3.21. The number of unbranched alkanes of at least 4 members (excludes halogenated alkanes) is 1. The predicted molar refractivity (Wildman–Crippen MR) is 91.4 cm³/mol. The normalized spacial score (nSPS) is 25.7. The van der Waals surface area contributed by atoms with Crippen LogP contribution in [0.5, 0.6) is 0 Å². The summed E-state index contributed by atoms with van der Waals surface area (Å²) in [6.07, 6.45) is 7.57. The Hall–Kier alpha value is -1.63. The van der Waals surface area contributed by atoms with E-state index in [2.05, 4.69) is 20.5 Å². The molecule has 0 spiro atoms. The smallest absolute Gasteiger partial charge is 0.315 e. The molecule has 0 aromatic carbocycles. The Morgan fingerprint density at radius 3 is 2.96 bits per heavy atom. The molecular weight excluding hydrogens is 312 g/mol. The minimum absolute atomic E-state index is 0.0348. The highest BCUT2D eigenvalue weighted by atomic mass is 32.2. The molecule has 0 aliphatic carbocycles. The average molecular weight is 336 g/mol. The molecule has 0 radical (unpaired) electrons. The number of urea groups is 1. The van der Waals surface area contributed by atoms with Crippen LogP contribution in [0.25, 0.3) is 0 Å². The largest absolute Gasteiger partial charge is 0.354 e. The predicted octanol–water partition coefficient (Wildman–Crippen LogP) is 1.33. The first-order valence-electron chi connectivity index (χ1n) is 8.28. The lowest BCUT2D eigenvalue weighted by molar-refractivity contribution is -0.121. The van der Waals surface area contributed by atoms with E-state index in [0.29, 0.717) is 18.2 Å². The van der Waals surface area contributed by atoms with Crippen LogP contribution >= 0.6 is 11.8 Å². The number of carbonyl (C=O) groups excluding carboxylic acids is 2. The van der Waals surface area contributed by atoms with E-state index in [1.165, 1.54) is 0 Å². The second-order valence-electron chi connectivity index (χ2n) is 6.14. The number of nitrogens with zero attached hydrogens (tertiary/aromatic N) is 1. The van der Waals surface area contributed by atoms with Crippen LogP contribution in [0.2, 0.25) is 0 Å². The molecule has 23 heavy (non-hydrogen) atoms. The third-order valence-electron chi connectivity index (χ3n) is 4.44. The SMILES string of the molecule is O=C(CCCCC1SCC2NC(=O)NC21)NCCn1cccc1. The van der Waals surface area contributed by atoms with Gasteiger partial charge in [-0.3, -0.25) is 4.79 Å². The van der Waals surface area contributed by atoms with Crippen molar-refractivity contribution in [3.63, 3.8) is 0 Å². The van der Waals surface area contributed by atoms with E-state index in [1.54, 1.807) is 0 Å². The van der Waals surface area contributed by atoms with Gasteiger partial charge in [0.2, 0.25) is 5.91 Å². The number of aromatic nitrogens is 1. The summed E-state index contributed by atoms with van der Waals surface area (Å²) < 4.78 is 2.05. The highest BCUT2D eigenvalue weighted by Gasteiger charge is 2.42. The molecule has 126 valence electrons. The van der Waals surface area contributed by atoms with Crippen LogP contribution in [0.3, 0.4) is 0 Å². The van der Waals surface area contributed by atoms with Gasteiger partial charge in [-0.15, -0.1) is 0 Å². The van der Waals surface area contributed by atoms with Gasteiger partial charge in [-0.2, -0.15) is 11.8 Å². The van der Waals surface area contributed by atoms with E-state index in [0.717, 1.165) is 31.6 Å². The molecule has 3 rings (SSSR count). The zero-order valence-electron chi connectivity index (χ0n) is 13.2. The van der Waals surface area contributed by atoms with Gasteiger partial charge in [0.15, 0.2) is 0 Å². The summed E-state index contributed by atoms with van der Waals surface area (Å²) >= 11 is 1.93. The van der Waals surface area contributed by atoms with E-state index in [-0.39, 0.29) is 24.0 Å². The number of fused-ring (bicyclic) bond motifs is 1. The molecule has 3 amide bonds. The fraction of sp³-hybridized carbons (Fsp3) is 0.625. The number of hydrogen-bond donors (Lipinski definition) is 3. The Bertz CT molecular complexity index is 534. The Morgan fingerprint density at radius 1 is 1.30 bits per heavy atom. The van der Waals surface area contributed by atoms with E-state index in [4.69, 9.17) is 0 Å². The third-order valence-corrected chi connectivity index (χ3v) is 5.95. The van der Waals surface area contributed by atoms with E-state index < -0.39 is 0 Å². The zero-order valence-corrected chi connectivity index (χ0v) is 14.0. The number of rotatable bonds is 8. The Labute approximate surface area is 140 Å². The van der Waals surface area contributed by atoms with Gasteiger partial charge in [-0.25, -0.2) is 4.79 Å². The molecule has 2 saturated heterocycles. The van der Waals surface area contributed by atoms with Crippen molar-refractivity contribution in [2.75, 3.05) is 12.3 Å². The third kappa shape index (κ3) is 4.43. The first-order chi connectivity index (χ1) is 11.2. The molecule has 3 unspecified atom stereocenters. The molecule has 2 fully saturated rings. The topological polar surface area (TPSA) is 75.2 Å². The molecule has 1 aromatic rings. The average Bonchev–Trinajstić information content (AvgIpc) is 3.22. The number of nitrogens with one attached hydrogen (secondary N) is 3. The van der Waals surface area contributed by atoms with Gasteiger partial charge in [-0.05, 0) is 25.0 Å². The molecule has 1 aromatic heterocycles. The fourth-order valence-corrected chi connectivity index (χ4v) is 4.75. The second kappa shape index (κ2) is 7.77. The van der Waals surface area contributed by atoms with Crippen molar-refractivity contribution in [2.24, 2.45) is 0 Å². The van der Waals surface area contributed by atoms with Crippen LogP contribution in [0.1, 0.15) is 25.7 Å². The van der Waals surface area contributed by atoms with Crippen LogP contribution in [0.4, 0.5) is 4.79 Å². The highest BCUT2D eigenvalue weighted by Crippen LogP contribution is 2.33. The molecule has 3 heterocycles. The molecule has 0 bridgehead atoms. The van der Waals surface area contributed by atoms with Crippen molar-refractivity contribution in [1.29, 1.82) is 0 Å². The standard InChI is InChI=1S/C16H24N4O2S/c21-14(17-7-10-20-8-3-4-9-20)6-2-1-5-13-15-12(11-23-13)18-16(22)19-15/h3-4,8-9,12-13,15H,1-2,5-7,10-11H2,(H,17,21)(H2,18,19,22). The molecule has 2 aliphatic rings. The summed E-state index contributed by atoms with van der Waals surface area (Å²) in [5, 5.41) is 9.40. The first-order valence-corrected chi connectivity index (χ1v) is 9.33. The first kappa shape index (κ1) is 16.2. The highest BCUT2D eigenvalue weighted by molar-refractivity contribution is 8.00. The summed E-state index contributed by atoms with van der Waals surface area (Å²) in [4.78, 5) is 23.1. The maximum absolute atomic E-state index is 11.8. The Balaban J connectivity index is 1.25. The van der Waals surface area contributed by atoms with Crippen LogP contribution in [0.15, 0.2) is 24.5 Å². The van der Waals surface area contributed by atoms with Crippen molar-refractivity contribution < 1.29 is 9.59 Å². The van der Waals surface area contributed by atoms with Crippen LogP contribution in [-0.2, 0) is 11.3 Å². The second-order valence-corrected chi connectivity index (χ2v) is 7.41. The lowest BCUT2D eigenvalue weighted by Crippen LogP contribution is -2.36. The van der Waals surface area contributed by atoms with Crippen molar-refractivity contribution in [3.05, 3.63) is 24.5 Å². The van der Waals surface area contributed by atoms with Crippen molar-refractivity contribution in [1.82, 2.24) is 20.5 Å². The van der Waals surface area contributed by atoms with Crippen molar-refractivity contribution in [3.8, 4) is 0 Å². The maximum Gasteiger partial charge on any atom is 0.315 e. The zero-order chi connectivity index (χ0) is 16.1. The number of amides is 3. The van der Waals surface area contributed by atoms with E-state index >= 15 is 0 Å². The summed E-state index contributed by atoms with van der Waals surface area (Å²) in [5.74, 6) is 1.12. The Kier molecular flexibility index (Phi) is 5.48. The molecule has 3 atom stereocenters. The van der Waals surface area contributed by atoms with E-state index in [9.17, 15) is 9.59 Å². The quantitative estimate of drug-likeness (QED) is 0.495.